The van der Waals surface area contributed by atoms with Crippen LogP contribution in [0.25, 0.3) is 11.0 Å². The molecule has 20 heteroatoms. The fourth-order valence-corrected chi connectivity index (χ4v) is 5.94. The normalized spacial score (nSPS) is 20.7. The van der Waals surface area contributed by atoms with Gasteiger partial charge in [0, 0.05) is 24.7 Å². The zero-order chi connectivity index (χ0) is 35.4. The minimum atomic E-state index is -4.71. The second kappa shape index (κ2) is 15.0. The number of rotatable bonds is 14. The van der Waals surface area contributed by atoms with E-state index in [0.29, 0.717) is 22.5 Å². The summed E-state index contributed by atoms with van der Waals surface area (Å²) in [5, 5.41) is 17.6. The molecule has 0 spiro atoms. The summed E-state index contributed by atoms with van der Waals surface area (Å²) in [4.78, 5) is 50.7. The Morgan fingerprint density at radius 2 is 1.94 bits per heavy atom. The van der Waals surface area contributed by atoms with Crippen molar-refractivity contribution in [2.45, 2.75) is 57.3 Å². The monoisotopic (exact) mass is 703 g/mol. The molecule has 4 rings (SSSR count). The zero-order valence-corrected chi connectivity index (χ0v) is 27.4. The van der Waals surface area contributed by atoms with Crippen LogP contribution in [-0.2, 0) is 36.5 Å². The van der Waals surface area contributed by atoms with Gasteiger partial charge in [0.05, 0.1) is 33.4 Å². The Hall–Kier alpha value is -4.13. The van der Waals surface area contributed by atoms with E-state index in [1.807, 2.05) is 0 Å². The third-order valence-electron chi connectivity index (χ3n) is 7.30. The lowest BCUT2D eigenvalue weighted by atomic mass is 10.1. The molecule has 48 heavy (non-hydrogen) atoms. The van der Waals surface area contributed by atoms with Crippen LogP contribution in [-0.4, -0.2) is 89.7 Å². The molecule has 0 aliphatic carbocycles. The number of halogens is 2. The highest BCUT2D eigenvalue weighted by molar-refractivity contribution is 7.50. The molecule has 0 saturated carbocycles. The molecule has 17 nitrogen and oxygen atoms in total. The minimum Gasteiger partial charge on any atom is -0.497 e. The first kappa shape index (κ1) is 36.7. The average molecular weight is 704 g/mol. The molecule has 1 aliphatic heterocycles. The van der Waals surface area contributed by atoms with Crippen LogP contribution in [0.4, 0.5) is 19.4 Å². The van der Waals surface area contributed by atoms with E-state index in [1.165, 1.54) is 21.3 Å². The number of furan rings is 1. The lowest BCUT2D eigenvalue weighted by Crippen LogP contribution is -2.45. The van der Waals surface area contributed by atoms with E-state index in [-0.39, 0.29) is 18.2 Å². The van der Waals surface area contributed by atoms with Crippen molar-refractivity contribution < 1.29 is 60.8 Å². The van der Waals surface area contributed by atoms with Gasteiger partial charge in [-0.1, -0.05) is 13.8 Å². The van der Waals surface area contributed by atoms with Crippen molar-refractivity contribution in [1.29, 1.82) is 0 Å². The first-order valence-corrected chi connectivity index (χ1v) is 16.0. The highest BCUT2D eigenvalue weighted by Gasteiger charge is 2.58. The number of carbonyl (C=O) groups excluding carboxylic acids is 2. The first-order chi connectivity index (χ1) is 22.6. The number of nitrogens with zero attached hydrogens (tertiary/aromatic N) is 2. The number of nitrogens with one attached hydrogen (secondary N) is 3. The van der Waals surface area contributed by atoms with Gasteiger partial charge in [-0.05, 0) is 24.1 Å². The van der Waals surface area contributed by atoms with E-state index < -0.39 is 74.8 Å². The number of aliphatic hydroxyl groups excluding tert-OH is 1. The van der Waals surface area contributed by atoms with Gasteiger partial charge in [0.15, 0.2) is 17.9 Å². The van der Waals surface area contributed by atoms with Gasteiger partial charge in [-0.3, -0.25) is 19.2 Å². The van der Waals surface area contributed by atoms with Crippen molar-refractivity contribution in [1.82, 2.24) is 20.0 Å². The maximum absolute atomic E-state index is 14.9. The van der Waals surface area contributed by atoms with Gasteiger partial charge in [-0.25, -0.2) is 28.0 Å². The highest BCUT2D eigenvalue weighted by Crippen LogP contribution is 2.42. The summed E-state index contributed by atoms with van der Waals surface area (Å²) in [6.45, 7) is 1.19. The number of aromatic nitrogens is 2. The van der Waals surface area contributed by atoms with E-state index in [9.17, 15) is 37.7 Å². The summed E-state index contributed by atoms with van der Waals surface area (Å²) in [7, 11) is -0.429. The van der Waals surface area contributed by atoms with E-state index in [0.717, 1.165) is 16.8 Å². The molecule has 0 bridgehead atoms. The zero-order valence-electron chi connectivity index (χ0n) is 26.5. The summed E-state index contributed by atoms with van der Waals surface area (Å²) in [5.74, 6) is -3.98. The maximum atomic E-state index is 14.9. The molecule has 3 unspecified atom stereocenters. The Labute approximate surface area is 272 Å². The molecule has 1 fully saturated rings. The van der Waals surface area contributed by atoms with Crippen LogP contribution >= 0.6 is 7.75 Å². The molecular weight excluding hydrogens is 667 g/mol. The number of carbonyl (C=O) groups is 2. The Morgan fingerprint density at radius 3 is 2.56 bits per heavy atom. The standard InChI is InChI=1S/C28H36F2N5O12P/c1-14(2)22(25(37)31-3)34-48(40,41)45-13-19-24(36)28(29,30)20(47-19)11-35-7-6-21(32-26(35)38)33-27(39)44-12-17-9-15-8-16(42-4)10-18(43-5)23(15)46-17/h6-10,14,19-20,22,24,36H,11-13H2,1-5H3,(H,31,37)(H2,34,40,41)(H,32,33,38,39)/t19?,20?,22-,24+/m0/s1. The van der Waals surface area contributed by atoms with Gasteiger partial charge >= 0.3 is 25.5 Å². The molecule has 1 saturated heterocycles. The maximum Gasteiger partial charge on any atom is 0.413 e. The van der Waals surface area contributed by atoms with Crippen LogP contribution in [0.1, 0.15) is 19.6 Å². The Balaban J connectivity index is 1.33. The van der Waals surface area contributed by atoms with Gasteiger partial charge in [0.1, 0.15) is 35.6 Å². The SMILES string of the molecule is CNC(=O)[C@@H](NP(=O)(O)OCC1OC(Cn2ccc(NC(=O)OCc3cc4cc(OC)cc(OC)c4o3)nc2=O)C(F)(F)[C@@H]1O)C(C)C. The molecule has 0 radical (unpaired) electrons. The summed E-state index contributed by atoms with van der Waals surface area (Å²) in [6.07, 6.45) is -6.22. The molecular formula is C28H36F2N5O12P. The number of aliphatic hydroxyl groups is 1. The number of hydrogen-bond acceptors (Lipinski definition) is 12. The summed E-state index contributed by atoms with van der Waals surface area (Å²) < 4.78 is 74.5. The molecule has 2 amide bonds. The van der Waals surface area contributed by atoms with Gasteiger partial charge < -0.3 is 38.7 Å². The number of fused-ring (bicyclic) bond motifs is 1. The predicted molar refractivity (Wildman–Crippen MR) is 163 cm³/mol. The van der Waals surface area contributed by atoms with E-state index in [1.54, 1.807) is 32.0 Å². The smallest absolute Gasteiger partial charge is 0.413 e. The van der Waals surface area contributed by atoms with Crippen molar-refractivity contribution in [3.8, 4) is 11.5 Å². The van der Waals surface area contributed by atoms with E-state index in [2.05, 4.69) is 20.7 Å². The van der Waals surface area contributed by atoms with Crippen molar-refractivity contribution in [3.63, 3.8) is 0 Å². The van der Waals surface area contributed by atoms with Crippen molar-refractivity contribution >= 4 is 36.5 Å². The second-order valence-corrected chi connectivity index (χ2v) is 12.5. The number of benzene rings is 1. The Morgan fingerprint density at radius 1 is 1.21 bits per heavy atom. The summed E-state index contributed by atoms with van der Waals surface area (Å²) in [6, 6.07) is 4.96. The number of anilines is 1. The molecule has 3 heterocycles. The van der Waals surface area contributed by atoms with Crippen molar-refractivity contribution in [3.05, 3.63) is 46.7 Å². The second-order valence-electron chi connectivity index (χ2n) is 11.0. The topological polar surface area (TPSA) is 222 Å². The molecule has 264 valence electrons. The fraction of sp³-hybridized carbons (Fsp3) is 0.500. The van der Waals surface area contributed by atoms with Gasteiger partial charge in [0.25, 0.3) is 0 Å². The summed E-state index contributed by atoms with van der Waals surface area (Å²) in [5.41, 5.74) is -0.633. The third-order valence-corrected chi connectivity index (χ3v) is 8.40. The van der Waals surface area contributed by atoms with Crippen LogP contribution in [0.5, 0.6) is 11.5 Å². The lowest BCUT2D eigenvalue weighted by molar-refractivity contribution is -0.123. The number of alkyl halides is 2. The summed E-state index contributed by atoms with van der Waals surface area (Å²) >= 11 is 0. The first-order valence-electron chi connectivity index (χ1n) is 14.4. The molecule has 2 aromatic heterocycles. The van der Waals surface area contributed by atoms with Gasteiger partial charge in [-0.2, -0.15) is 4.98 Å². The minimum absolute atomic E-state index is 0.245. The lowest BCUT2D eigenvalue weighted by Gasteiger charge is -2.24. The predicted octanol–water partition coefficient (Wildman–Crippen LogP) is 2.00. The van der Waals surface area contributed by atoms with Crippen LogP contribution in [0.3, 0.4) is 0 Å². The van der Waals surface area contributed by atoms with Crippen LogP contribution < -0.4 is 30.9 Å². The molecule has 3 aromatic rings. The third kappa shape index (κ3) is 8.47. The van der Waals surface area contributed by atoms with Crippen molar-refractivity contribution in [2.75, 3.05) is 33.2 Å². The van der Waals surface area contributed by atoms with E-state index in [4.69, 9.17) is 27.9 Å². The molecule has 5 atom stereocenters. The van der Waals surface area contributed by atoms with Crippen LogP contribution in [0.15, 0.2) is 39.7 Å². The molecule has 1 aromatic carbocycles. The average Bonchev–Trinajstić information content (AvgIpc) is 3.55. The number of amides is 2. The number of ether oxygens (including phenoxy) is 4. The van der Waals surface area contributed by atoms with Crippen molar-refractivity contribution in [2.24, 2.45) is 5.92 Å². The van der Waals surface area contributed by atoms with Gasteiger partial charge in [-0.15, -0.1) is 0 Å². The highest BCUT2D eigenvalue weighted by atomic mass is 31.2. The van der Waals surface area contributed by atoms with Gasteiger partial charge in [0.2, 0.25) is 5.91 Å². The molecule has 5 N–H and O–H groups in total. The van der Waals surface area contributed by atoms with Crippen LogP contribution in [0.2, 0.25) is 0 Å². The van der Waals surface area contributed by atoms with Crippen LogP contribution in [0, 0.1) is 5.92 Å². The number of hydrogen-bond donors (Lipinski definition) is 5. The number of methoxy groups -OCH3 is 2. The largest absolute Gasteiger partial charge is 0.497 e. The Bertz CT molecular complexity index is 1730. The van der Waals surface area contributed by atoms with E-state index >= 15 is 0 Å². The Kier molecular flexibility index (Phi) is 11.4. The fourth-order valence-electron chi connectivity index (χ4n) is 4.75. The quantitative estimate of drug-likeness (QED) is 0.152. The molecule has 1 aliphatic rings. The number of likely N-dealkylation sites (N-methyl/N-ethyl adjacent to an activating group) is 1.